The molecule has 0 atom stereocenters. The molecule has 0 spiro atoms. The Kier molecular flexibility index (Phi) is 3.80. The molecule has 6 heteroatoms. The van der Waals surface area contributed by atoms with E-state index in [1.807, 2.05) is 0 Å². The lowest BCUT2D eigenvalue weighted by molar-refractivity contribution is -0.143. The third-order valence-electron chi connectivity index (χ3n) is 2.60. The van der Waals surface area contributed by atoms with Crippen LogP contribution in [0.5, 0.6) is 0 Å². The summed E-state index contributed by atoms with van der Waals surface area (Å²) < 4.78 is 5.03. The summed E-state index contributed by atoms with van der Waals surface area (Å²) in [5, 5.41) is 2.80. The molecule has 0 unspecified atom stereocenters. The SMILES string of the molecule is CC(C)(CCl)C(=O)NC1(CC(N)=O)COC1. The molecular weight excluding hydrogens is 232 g/mol. The summed E-state index contributed by atoms with van der Waals surface area (Å²) in [4.78, 5) is 22.8. The van der Waals surface area contributed by atoms with Crippen LogP contribution in [0.25, 0.3) is 0 Å². The van der Waals surface area contributed by atoms with Gasteiger partial charge in [-0.3, -0.25) is 9.59 Å². The first kappa shape index (κ1) is 13.3. The van der Waals surface area contributed by atoms with Gasteiger partial charge in [-0.15, -0.1) is 11.6 Å². The number of hydrogen-bond donors (Lipinski definition) is 2. The molecule has 0 aromatic carbocycles. The number of rotatable bonds is 5. The van der Waals surface area contributed by atoms with Crippen molar-refractivity contribution in [1.29, 1.82) is 0 Å². The summed E-state index contributed by atoms with van der Waals surface area (Å²) in [6.45, 7) is 4.12. The molecule has 1 saturated heterocycles. The Balaban J connectivity index is 2.64. The molecular formula is C10H17ClN2O3. The largest absolute Gasteiger partial charge is 0.376 e. The van der Waals surface area contributed by atoms with E-state index in [4.69, 9.17) is 22.1 Å². The monoisotopic (exact) mass is 248 g/mol. The van der Waals surface area contributed by atoms with Crippen LogP contribution in [-0.4, -0.2) is 36.4 Å². The standard InChI is InChI=1S/C10H17ClN2O3/c1-9(2,4-11)8(15)13-10(3-7(12)14)5-16-6-10/h3-6H2,1-2H3,(H2,12,14)(H,13,15). The molecule has 0 radical (unpaired) electrons. The molecule has 1 rings (SSSR count). The number of nitrogens with two attached hydrogens (primary N) is 1. The average Bonchev–Trinajstić information content (AvgIpc) is 2.13. The van der Waals surface area contributed by atoms with Crippen molar-refractivity contribution in [2.75, 3.05) is 19.1 Å². The number of alkyl halides is 1. The first-order chi connectivity index (χ1) is 7.31. The van der Waals surface area contributed by atoms with E-state index in [0.29, 0.717) is 13.2 Å². The first-order valence-corrected chi connectivity index (χ1v) is 5.59. The number of carbonyl (C=O) groups is 2. The Morgan fingerprint density at radius 2 is 2.06 bits per heavy atom. The van der Waals surface area contributed by atoms with Crippen molar-refractivity contribution in [2.24, 2.45) is 11.1 Å². The second kappa shape index (κ2) is 4.59. The molecule has 0 aliphatic carbocycles. The van der Waals surface area contributed by atoms with E-state index in [2.05, 4.69) is 5.32 Å². The maximum atomic E-state index is 11.9. The van der Waals surface area contributed by atoms with Gasteiger partial charge in [-0.05, 0) is 13.8 Å². The molecule has 1 aliphatic rings. The van der Waals surface area contributed by atoms with E-state index < -0.39 is 16.9 Å². The third-order valence-corrected chi connectivity index (χ3v) is 3.26. The van der Waals surface area contributed by atoms with Crippen molar-refractivity contribution in [3.05, 3.63) is 0 Å². The van der Waals surface area contributed by atoms with Crippen LogP contribution >= 0.6 is 11.6 Å². The van der Waals surface area contributed by atoms with Crippen molar-refractivity contribution >= 4 is 23.4 Å². The fourth-order valence-corrected chi connectivity index (χ4v) is 1.49. The van der Waals surface area contributed by atoms with E-state index in [9.17, 15) is 9.59 Å². The summed E-state index contributed by atoms with van der Waals surface area (Å²) in [7, 11) is 0. The number of ether oxygens (including phenoxy) is 1. The molecule has 1 fully saturated rings. The predicted octanol–water partition coefficient (Wildman–Crippen LogP) is 0.0120. The molecule has 0 saturated carbocycles. The summed E-state index contributed by atoms with van der Waals surface area (Å²) in [6, 6.07) is 0. The fourth-order valence-electron chi connectivity index (χ4n) is 1.37. The molecule has 92 valence electrons. The van der Waals surface area contributed by atoms with Gasteiger partial charge in [0.15, 0.2) is 0 Å². The molecule has 1 aliphatic heterocycles. The zero-order valence-electron chi connectivity index (χ0n) is 9.51. The van der Waals surface area contributed by atoms with Crippen LogP contribution in [-0.2, 0) is 14.3 Å². The molecule has 16 heavy (non-hydrogen) atoms. The minimum Gasteiger partial charge on any atom is -0.376 e. The molecule has 0 aromatic heterocycles. The number of nitrogens with one attached hydrogen (secondary N) is 1. The third kappa shape index (κ3) is 2.86. The van der Waals surface area contributed by atoms with Gasteiger partial charge >= 0.3 is 0 Å². The Labute approximate surface area is 99.6 Å². The first-order valence-electron chi connectivity index (χ1n) is 5.06. The number of carbonyl (C=O) groups excluding carboxylic acids is 2. The van der Waals surface area contributed by atoms with E-state index in [1.54, 1.807) is 13.8 Å². The summed E-state index contributed by atoms with van der Waals surface area (Å²) in [6.07, 6.45) is 0.0944. The quantitative estimate of drug-likeness (QED) is 0.673. The van der Waals surface area contributed by atoms with Gasteiger partial charge in [-0.25, -0.2) is 0 Å². The smallest absolute Gasteiger partial charge is 0.227 e. The van der Waals surface area contributed by atoms with E-state index in [-0.39, 0.29) is 18.2 Å². The molecule has 5 nitrogen and oxygen atoms in total. The highest BCUT2D eigenvalue weighted by Gasteiger charge is 2.43. The average molecular weight is 249 g/mol. The minimum atomic E-state index is -0.665. The number of amides is 2. The lowest BCUT2D eigenvalue weighted by Crippen LogP contribution is -2.65. The van der Waals surface area contributed by atoms with E-state index >= 15 is 0 Å². The highest BCUT2D eigenvalue weighted by molar-refractivity contribution is 6.19. The second-order valence-corrected chi connectivity index (χ2v) is 5.16. The zero-order valence-corrected chi connectivity index (χ0v) is 10.3. The maximum absolute atomic E-state index is 11.9. The van der Waals surface area contributed by atoms with Crippen LogP contribution < -0.4 is 11.1 Å². The van der Waals surface area contributed by atoms with Gasteiger partial charge in [0.2, 0.25) is 11.8 Å². The van der Waals surface area contributed by atoms with Crippen LogP contribution in [0.4, 0.5) is 0 Å². The number of hydrogen-bond acceptors (Lipinski definition) is 3. The Morgan fingerprint density at radius 3 is 2.38 bits per heavy atom. The van der Waals surface area contributed by atoms with Crippen molar-refractivity contribution < 1.29 is 14.3 Å². The van der Waals surface area contributed by atoms with Crippen molar-refractivity contribution in [3.8, 4) is 0 Å². The number of primary amides is 1. The zero-order chi connectivity index (χ0) is 12.4. The van der Waals surface area contributed by atoms with Crippen LogP contribution in [0.3, 0.4) is 0 Å². The lowest BCUT2D eigenvalue weighted by Gasteiger charge is -2.42. The van der Waals surface area contributed by atoms with Crippen LogP contribution in [0.1, 0.15) is 20.3 Å². The predicted molar refractivity (Wildman–Crippen MR) is 60.0 cm³/mol. The summed E-state index contributed by atoms with van der Waals surface area (Å²) in [5.41, 5.74) is 3.84. The van der Waals surface area contributed by atoms with Gasteiger partial charge in [0.1, 0.15) is 0 Å². The summed E-state index contributed by atoms with van der Waals surface area (Å²) in [5.74, 6) is -0.425. The molecule has 3 N–H and O–H groups in total. The van der Waals surface area contributed by atoms with Crippen molar-refractivity contribution in [2.45, 2.75) is 25.8 Å². The van der Waals surface area contributed by atoms with Gasteiger partial charge in [0.05, 0.1) is 30.6 Å². The van der Waals surface area contributed by atoms with Gasteiger partial charge in [0, 0.05) is 5.88 Å². The van der Waals surface area contributed by atoms with E-state index in [0.717, 1.165) is 0 Å². The van der Waals surface area contributed by atoms with Crippen molar-refractivity contribution in [1.82, 2.24) is 5.32 Å². The highest BCUT2D eigenvalue weighted by Crippen LogP contribution is 2.24. The van der Waals surface area contributed by atoms with E-state index in [1.165, 1.54) is 0 Å². The Bertz CT molecular complexity index is 300. The maximum Gasteiger partial charge on any atom is 0.227 e. The summed E-state index contributed by atoms with van der Waals surface area (Å²) >= 11 is 5.70. The van der Waals surface area contributed by atoms with Crippen LogP contribution in [0, 0.1) is 5.41 Å². The Morgan fingerprint density at radius 1 is 1.50 bits per heavy atom. The van der Waals surface area contributed by atoms with Gasteiger partial charge < -0.3 is 15.8 Å². The van der Waals surface area contributed by atoms with Crippen molar-refractivity contribution in [3.63, 3.8) is 0 Å². The molecule has 1 heterocycles. The molecule has 2 amide bonds. The van der Waals surface area contributed by atoms with Crippen LogP contribution in [0.2, 0.25) is 0 Å². The van der Waals surface area contributed by atoms with Gasteiger partial charge in [0.25, 0.3) is 0 Å². The number of halogens is 1. The molecule has 0 aromatic rings. The topological polar surface area (TPSA) is 81.4 Å². The van der Waals surface area contributed by atoms with Crippen LogP contribution in [0.15, 0.2) is 0 Å². The second-order valence-electron chi connectivity index (χ2n) is 4.89. The molecule has 0 bridgehead atoms. The normalized spacial score (nSPS) is 18.7. The Hall–Kier alpha value is -0.810. The lowest BCUT2D eigenvalue weighted by atomic mass is 9.88. The van der Waals surface area contributed by atoms with Gasteiger partial charge in [-0.1, -0.05) is 0 Å². The highest BCUT2D eigenvalue weighted by atomic mass is 35.5. The minimum absolute atomic E-state index is 0.0944. The fraction of sp³-hybridized carbons (Fsp3) is 0.800. The van der Waals surface area contributed by atoms with Gasteiger partial charge in [-0.2, -0.15) is 0 Å².